The molecule has 1 aliphatic carbocycles. The van der Waals surface area contributed by atoms with Crippen molar-refractivity contribution in [2.75, 3.05) is 25.1 Å². The fourth-order valence-corrected chi connectivity index (χ4v) is 2.77. The molecule has 0 bridgehead atoms. The number of halogens is 1. The van der Waals surface area contributed by atoms with Crippen molar-refractivity contribution in [3.8, 4) is 11.8 Å². The Hall–Kier alpha value is -1.31. The third-order valence-electron chi connectivity index (χ3n) is 3.77. The minimum Gasteiger partial charge on any atom is -0.384 e. The zero-order valence-electron chi connectivity index (χ0n) is 11.7. The van der Waals surface area contributed by atoms with Gasteiger partial charge in [-0.05, 0) is 43.7 Å². The average molecular weight is 294 g/mol. The van der Waals surface area contributed by atoms with Crippen molar-refractivity contribution in [2.45, 2.75) is 25.7 Å². The van der Waals surface area contributed by atoms with Crippen LogP contribution >= 0.6 is 11.6 Å². The maximum absolute atomic E-state index is 8.71. The first-order valence-electron chi connectivity index (χ1n) is 6.98. The number of nitrogens with zero attached hydrogens (tertiary/aromatic N) is 3. The van der Waals surface area contributed by atoms with Crippen LogP contribution in [0.25, 0.3) is 0 Å². The highest BCUT2D eigenvalue weighted by molar-refractivity contribution is 6.29. The third-order valence-corrected chi connectivity index (χ3v) is 3.97. The smallest absolute Gasteiger partial charge is 0.151 e. The number of anilines is 1. The van der Waals surface area contributed by atoms with Crippen LogP contribution in [0.1, 0.15) is 25.7 Å². The largest absolute Gasteiger partial charge is 0.384 e. The maximum Gasteiger partial charge on any atom is 0.151 e. The molecule has 0 saturated heterocycles. The highest BCUT2D eigenvalue weighted by Crippen LogP contribution is 2.29. The van der Waals surface area contributed by atoms with Crippen LogP contribution in [0.3, 0.4) is 0 Å². The molecule has 0 spiro atoms. The van der Waals surface area contributed by atoms with Gasteiger partial charge in [-0.1, -0.05) is 23.4 Å². The van der Waals surface area contributed by atoms with Gasteiger partial charge in [-0.25, -0.2) is 0 Å². The third kappa shape index (κ3) is 4.36. The van der Waals surface area contributed by atoms with Gasteiger partial charge in [0, 0.05) is 19.5 Å². The summed E-state index contributed by atoms with van der Waals surface area (Å²) in [6.45, 7) is 0.953. The molecular formula is C15H20ClN3O. The van der Waals surface area contributed by atoms with Crippen LogP contribution in [0.5, 0.6) is 0 Å². The minimum absolute atomic E-state index is 0.0299. The van der Waals surface area contributed by atoms with Gasteiger partial charge in [-0.2, -0.15) is 0 Å². The van der Waals surface area contributed by atoms with Crippen LogP contribution in [-0.2, 0) is 0 Å². The Bertz CT molecular complexity index is 472. The van der Waals surface area contributed by atoms with Gasteiger partial charge in [0.2, 0.25) is 0 Å². The topological polar surface area (TPSA) is 49.2 Å². The molecule has 0 atom stereocenters. The van der Waals surface area contributed by atoms with Gasteiger partial charge in [0.25, 0.3) is 0 Å². The van der Waals surface area contributed by atoms with E-state index in [1.54, 1.807) is 6.07 Å². The second-order valence-electron chi connectivity index (χ2n) is 5.29. The van der Waals surface area contributed by atoms with E-state index in [9.17, 15) is 0 Å². The van der Waals surface area contributed by atoms with Gasteiger partial charge in [0.05, 0.1) is 0 Å². The first-order chi connectivity index (χ1) is 9.69. The van der Waals surface area contributed by atoms with E-state index in [1.807, 2.05) is 13.1 Å². The van der Waals surface area contributed by atoms with E-state index < -0.39 is 0 Å². The molecule has 0 unspecified atom stereocenters. The monoisotopic (exact) mass is 293 g/mol. The van der Waals surface area contributed by atoms with E-state index in [0.29, 0.717) is 17.0 Å². The average Bonchev–Trinajstić information content (AvgIpc) is 2.47. The Morgan fingerprint density at radius 1 is 1.30 bits per heavy atom. The van der Waals surface area contributed by atoms with Gasteiger partial charge in [-0.15, -0.1) is 10.2 Å². The highest BCUT2D eigenvalue weighted by Gasteiger charge is 2.21. The Labute approximate surface area is 125 Å². The molecule has 4 nitrogen and oxygen atoms in total. The number of rotatable bonds is 3. The lowest BCUT2D eigenvalue weighted by atomic mass is 9.82. The quantitative estimate of drug-likeness (QED) is 0.869. The maximum atomic E-state index is 8.71. The van der Waals surface area contributed by atoms with Crippen LogP contribution in [0.4, 0.5) is 5.82 Å². The van der Waals surface area contributed by atoms with Crippen LogP contribution in [0.15, 0.2) is 12.1 Å². The van der Waals surface area contributed by atoms with Crippen molar-refractivity contribution in [2.24, 2.45) is 11.8 Å². The van der Waals surface area contributed by atoms with Crippen molar-refractivity contribution in [3.05, 3.63) is 17.3 Å². The molecule has 0 aromatic carbocycles. The Kier molecular flexibility index (Phi) is 5.63. The lowest BCUT2D eigenvalue weighted by Crippen LogP contribution is -2.29. The second kappa shape index (κ2) is 7.47. The standard InChI is InChI=1S/C15H20ClN3O/c1-19(15-9-8-14(16)17-18-15)11-13-6-4-12(5-7-13)3-2-10-20/h8-9,12-13,20H,4-7,10-11H2,1H3/t12-,13-. The minimum atomic E-state index is -0.0299. The molecule has 1 N–H and O–H groups in total. The van der Waals surface area contributed by atoms with Crippen molar-refractivity contribution >= 4 is 17.4 Å². The fraction of sp³-hybridized carbons (Fsp3) is 0.600. The molecule has 1 aromatic rings. The molecule has 108 valence electrons. The summed E-state index contributed by atoms with van der Waals surface area (Å²) in [4.78, 5) is 2.13. The summed E-state index contributed by atoms with van der Waals surface area (Å²) in [5.41, 5.74) is 0. The summed E-state index contributed by atoms with van der Waals surface area (Å²) in [5, 5.41) is 17.1. The predicted octanol–water partition coefficient (Wildman–Crippen LogP) is 2.37. The Morgan fingerprint density at radius 3 is 2.65 bits per heavy atom. The van der Waals surface area contributed by atoms with Crippen molar-refractivity contribution < 1.29 is 5.11 Å². The van der Waals surface area contributed by atoms with Gasteiger partial charge >= 0.3 is 0 Å². The van der Waals surface area contributed by atoms with E-state index in [0.717, 1.165) is 25.2 Å². The highest BCUT2D eigenvalue weighted by atomic mass is 35.5. The van der Waals surface area contributed by atoms with Gasteiger partial charge in [0.15, 0.2) is 11.0 Å². The number of aliphatic hydroxyl groups is 1. The molecule has 0 amide bonds. The summed E-state index contributed by atoms with van der Waals surface area (Å²) in [6, 6.07) is 3.66. The molecular weight excluding hydrogens is 274 g/mol. The Balaban J connectivity index is 1.81. The summed E-state index contributed by atoms with van der Waals surface area (Å²) in [7, 11) is 2.04. The van der Waals surface area contributed by atoms with E-state index in [1.165, 1.54) is 12.8 Å². The lowest BCUT2D eigenvalue weighted by Gasteiger charge is -2.29. The van der Waals surface area contributed by atoms with E-state index >= 15 is 0 Å². The number of hydrogen-bond donors (Lipinski definition) is 1. The number of aliphatic hydroxyl groups excluding tert-OH is 1. The summed E-state index contributed by atoms with van der Waals surface area (Å²) < 4.78 is 0. The van der Waals surface area contributed by atoms with E-state index in [4.69, 9.17) is 16.7 Å². The van der Waals surface area contributed by atoms with Crippen molar-refractivity contribution in [3.63, 3.8) is 0 Å². The van der Waals surface area contributed by atoms with Crippen molar-refractivity contribution in [1.82, 2.24) is 10.2 Å². The molecule has 0 aliphatic heterocycles. The normalized spacial score (nSPS) is 21.9. The fourth-order valence-electron chi connectivity index (χ4n) is 2.67. The molecule has 1 fully saturated rings. The van der Waals surface area contributed by atoms with Gasteiger partial charge < -0.3 is 10.0 Å². The van der Waals surface area contributed by atoms with Crippen LogP contribution in [-0.4, -0.2) is 35.5 Å². The molecule has 1 saturated carbocycles. The van der Waals surface area contributed by atoms with E-state index in [-0.39, 0.29) is 6.61 Å². The number of aromatic nitrogens is 2. The molecule has 1 aliphatic rings. The van der Waals surface area contributed by atoms with Crippen LogP contribution in [0, 0.1) is 23.7 Å². The van der Waals surface area contributed by atoms with Crippen molar-refractivity contribution in [1.29, 1.82) is 0 Å². The predicted molar refractivity (Wildman–Crippen MR) is 80.6 cm³/mol. The lowest BCUT2D eigenvalue weighted by molar-refractivity contribution is 0.318. The molecule has 2 rings (SSSR count). The van der Waals surface area contributed by atoms with Crippen LogP contribution in [0.2, 0.25) is 5.15 Å². The van der Waals surface area contributed by atoms with Crippen LogP contribution < -0.4 is 4.90 Å². The molecule has 1 heterocycles. The molecule has 5 heteroatoms. The molecule has 20 heavy (non-hydrogen) atoms. The second-order valence-corrected chi connectivity index (χ2v) is 5.68. The zero-order chi connectivity index (χ0) is 14.4. The summed E-state index contributed by atoms with van der Waals surface area (Å²) in [6.07, 6.45) is 4.60. The summed E-state index contributed by atoms with van der Waals surface area (Å²) >= 11 is 5.74. The number of hydrogen-bond acceptors (Lipinski definition) is 4. The Morgan fingerprint density at radius 2 is 2.05 bits per heavy atom. The van der Waals surface area contributed by atoms with Gasteiger partial charge in [0.1, 0.15) is 6.61 Å². The van der Waals surface area contributed by atoms with E-state index in [2.05, 4.69) is 26.9 Å². The summed E-state index contributed by atoms with van der Waals surface area (Å²) in [5.74, 6) is 7.89. The first kappa shape index (κ1) is 15.1. The molecule has 1 aromatic heterocycles. The molecule has 0 radical (unpaired) electrons. The SMILES string of the molecule is CN(C[C@H]1CC[C@H](C#CCO)CC1)c1ccc(Cl)nn1. The van der Waals surface area contributed by atoms with Gasteiger partial charge in [-0.3, -0.25) is 0 Å². The first-order valence-corrected chi connectivity index (χ1v) is 7.36. The zero-order valence-corrected chi connectivity index (χ0v) is 12.5.